The Morgan fingerprint density at radius 1 is 1.14 bits per heavy atom. The lowest BCUT2D eigenvalue weighted by atomic mass is 10.1. The van der Waals surface area contributed by atoms with E-state index < -0.39 is 11.6 Å². The molecule has 0 atom stereocenters. The minimum Gasteiger partial charge on any atom is -0.345 e. The normalized spacial score (nSPS) is 14.2. The summed E-state index contributed by atoms with van der Waals surface area (Å²) in [7, 11) is 0. The van der Waals surface area contributed by atoms with Gasteiger partial charge in [0.15, 0.2) is 5.13 Å². The van der Waals surface area contributed by atoms with Gasteiger partial charge in [0.1, 0.15) is 11.6 Å². The largest absolute Gasteiger partial charge is 0.345 e. The van der Waals surface area contributed by atoms with Crippen LogP contribution in [0.4, 0.5) is 24.4 Å². The number of thiazole rings is 1. The number of nitrogens with zero attached hydrogens (tertiary/aromatic N) is 4. The summed E-state index contributed by atoms with van der Waals surface area (Å²) in [6, 6.07) is 6.85. The van der Waals surface area contributed by atoms with Crippen LogP contribution in [0.1, 0.15) is 0 Å². The number of anilines is 2. The number of piperazine rings is 1. The first kappa shape index (κ1) is 18.3. The van der Waals surface area contributed by atoms with Gasteiger partial charge in [0.2, 0.25) is 0 Å². The fraction of sp³-hybridized carbons (Fsp3) is 0.211. The smallest absolute Gasteiger partial charge is 0.322 e. The molecule has 1 aliphatic rings. The Hall–Kier alpha value is -3.07. The Labute approximate surface area is 164 Å². The monoisotopic (exact) mass is 401 g/mol. The topological polar surface area (TPSA) is 61.4 Å². The third-order valence-corrected chi connectivity index (χ3v) is 5.35. The first-order valence-corrected chi connectivity index (χ1v) is 9.60. The van der Waals surface area contributed by atoms with Crippen molar-refractivity contribution >= 4 is 28.2 Å². The second-order valence-corrected chi connectivity index (χ2v) is 7.12. The number of urea groups is 1. The van der Waals surface area contributed by atoms with E-state index in [0.717, 1.165) is 11.2 Å². The van der Waals surface area contributed by atoms with Gasteiger partial charge in [-0.15, -0.1) is 11.3 Å². The molecule has 9 heteroatoms. The minimum atomic E-state index is -0.631. The van der Waals surface area contributed by atoms with Gasteiger partial charge >= 0.3 is 6.03 Å². The lowest BCUT2D eigenvalue weighted by Crippen LogP contribution is -2.50. The number of nitrogens with one attached hydrogen (secondary N) is 1. The zero-order valence-electron chi connectivity index (χ0n) is 14.8. The number of pyridine rings is 1. The third-order valence-electron chi connectivity index (χ3n) is 4.45. The van der Waals surface area contributed by atoms with E-state index in [-0.39, 0.29) is 11.6 Å². The summed E-state index contributed by atoms with van der Waals surface area (Å²) in [5, 5.41) is 5.34. The molecule has 1 aromatic carbocycles. The maximum absolute atomic E-state index is 14.0. The number of amides is 2. The van der Waals surface area contributed by atoms with Gasteiger partial charge < -0.3 is 15.1 Å². The highest BCUT2D eigenvalue weighted by atomic mass is 32.1. The highest BCUT2D eigenvalue weighted by Gasteiger charge is 2.23. The predicted molar refractivity (Wildman–Crippen MR) is 105 cm³/mol. The molecule has 1 saturated heterocycles. The number of hydrogen-bond acceptors (Lipinski definition) is 5. The molecule has 2 amide bonds. The molecular formula is C19H17F2N5OS. The number of hydrogen-bond donors (Lipinski definition) is 1. The number of aromatic nitrogens is 2. The molecule has 3 heterocycles. The maximum Gasteiger partial charge on any atom is 0.322 e. The first-order chi connectivity index (χ1) is 13.6. The molecule has 2 aromatic heterocycles. The molecule has 0 spiro atoms. The summed E-state index contributed by atoms with van der Waals surface area (Å²) in [4.78, 5) is 24.6. The third kappa shape index (κ3) is 3.94. The van der Waals surface area contributed by atoms with Crippen LogP contribution in [0.3, 0.4) is 0 Å². The van der Waals surface area contributed by atoms with Crippen molar-refractivity contribution < 1.29 is 13.6 Å². The van der Waals surface area contributed by atoms with E-state index in [2.05, 4.69) is 20.2 Å². The van der Waals surface area contributed by atoms with Crippen LogP contribution in [0, 0.1) is 11.6 Å². The number of benzene rings is 1. The van der Waals surface area contributed by atoms with E-state index in [1.54, 1.807) is 34.8 Å². The number of carbonyl (C=O) groups is 1. The molecular weight excluding hydrogens is 384 g/mol. The average molecular weight is 401 g/mol. The average Bonchev–Trinajstić information content (AvgIpc) is 3.19. The van der Waals surface area contributed by atoms with Crippen molar-refractivity contribution in [2.75, 3.05) is 36.4 Å². The minimum absolute atomic E-state index is 0.166. The number of rotatable bonds is 3. The molecule has 0 unspecified atom stereocenters. The fourth-order valence-electron chi connectivity index (χ4n) is 2.97. The van der Waals surface area contributed by atoms with Crippen LogP contribution in [0.5, 0.6) is 0 Å². The van der Waals surface area contributed by atoms with E-state index in [1.165, 1.54) is 23.5 Å². The van der Waals surface area contributed by atoms with E-state index in [1.807, 2.05) is 0 Å². The molecule has 0 aliphatic carbocycles. The van der Waals surface area contributed by atoms with Crippen LogP contribution >= 0.6 is 11.3 Å². The van der Waals surface area contributed by atoms with Crippen molar-refractivity contribution in [2.45, 2.75) is 0 Å². The van der Waals surface area contributed by atoms with Crippen LogP contribution in [0.2, 0.25) is 0 Å². The Bertz CT molecular complexity index is 973. The molecule has 0 bridgehead atoms. The van der Waals surface area contributed by atoms with Gasteiger partial charge in [-0.05, 0) is 24.3 Å². The van der Waals surface area contributed by atoms with Crippen LogP contribution < -0.4 is 10.2 Å². The molecule has 144 valence electrons. The summed E-state index contributed by atoms with van der Waals surface area (Å²) in [6.45, 7) is 2.34. The summed E-state index contributed by atoms with van der Waals surface area (Å²) in [5.41, 5.74) is 1.41. The van der Waals surface area contributed by atoms with Crippen molar-refractivity contribution in [2.24, 2.45) is 0 Å². The molecule has 28 heavy (non-hydrogen) atoms. The summed E-state index contributed by atoms with van der Waals surface area (Å²) in [5.74, 6) is -1.24. The second kappa shape index (κ2) is 7.89. The van der Waals surface area contributed by atoms with E-state index >= 15 is 0 Å². The van der Waals surface area contributed by atoms with Crippen molar-refractivity contribution in [1.29, 1.82) is 0 Å². The summed E-state index contributed by atoms with van der Waals surface area (Å²) < 4.78 is 27.1. The molecule has 4 rings (SSSR count). The van der Waals surface area contributed by atoms with Gasteiger partial charge in [-0.1, -0.05) is 0 Å². The standard InChI is InChI=1S/C19H17F2N5OS/c20-13-3-4-15(16(21)10-13)17-12-28-19(24-17)26-8-6-25(7-9-26)18(27)23-14-2-1-5-22-11-14/h1-5,10-12H,6-9H2,(H,23,27). The van der Waals surface area contributed by atoms with E-state index in [4.69, 9.17) is 0 Å². The molecule has 0 radical (unpaired) electrons. The van der Waals surface area contributed by atoms with Crippen LogP contribution in [0.15, 0.2) is 48.1 Å². The molecule has 0 saturated carbocycles. The van der Waals surface area contributed by atoms with Crippen LogP contribution in [0.25, 0.3) is 11.3 Å². The SMILES string of the molecule is O=C(Nc1cccnc1)N1CCN(c2nc(-c3ccc(F)cc3F)cs2)CC1. The van der Waals surface area contributed by atoms with Gasteiger partial charge in [0.05, 0.1) is 17.6 Å². The predicted octanol–water partition coefficient (Wildman–Crippen LogP) is 3.84. The van der Waals surface area contributed by atoms with E-state index in [0.29, 0.717) is 37.6 Å². The van der Waals surface area contributed by atoms with Crippen LogP contribution in [-0.2, 0) is 0 Å². The zero-order valence-corrected chi connectivity index (χ0v) is 15.6. The molecule has 1 fully saturated rings. The summed E-state index contributed by atoms with van der Waals surface area (Å²) >= 11 is 1.40. The highest BCUT2D eigenvalue weighted by molar-refractivity contribution is 7.14. The Kier molecular flexibility index (Phi) is 5.16. The quantitative estimate of drug-likeness (QED) is 0.725. The van der Waals surface area contributed by atoms with Crippen molar-refractivity contribution in [3.63, 3.8) is 0 Å². The highest BCUT2D eigenvalue weighted by Crippen LogP contribution is 2.30. The van der Waals surface area contributed by atoms with E-state index in [9.17, 15) is 13.6 Å². The van der Waals surface area contributed by atoms with Crippen molar-refractivity contribution in [3.05, 3.63) is 59.7 Å². The number of halogens is 2. The molecule has 1 aliphatic heterocycles. The lowest BCUT2D eigenvalue weighted by Gasteiger charge is -2.34. The molecule has 1 N–H and O–H groups in total. The Morgan fingerprint density at radius 3 is 2.68 bits per heavy atom. The maximum atomic E-state index is 14.0. The van der Waals surface area contributed by atoms with Crippen molar-refractivity contribution in [1.82, 2.24) is 14.9 Å². The van der Waals surface area contributed by atoms with Gasteiger partial charge in [-0.3, -0.25) is 4.98 Å². The summed E-state index contributed by atoms with van der Waals surface area (Å²) in [6.07, 6.45) is 3.24. The first-order valence-electron chi connectivity index (χ1n) is 8.72. The Morgan fingerprint density at radius 2 is 1.96 bits per heavy atom. The fourth-order valence-corrected chi connectivity index (χ4v) is 3.85. The van der Waals surface area contributed by atoms with Gasteiger partial charge in [-0.25, -0.2) is 18.6 Å². The molecule has 6 nitrogen and oxygen atoms in total. The second-order valence-electron chi connectivity index (χ2n) is 6.29. The van der Waals surface area contributed by atoms with Gasteiger partial charge in [0, 0.05) is 49.4 Å². The van der Waals surface area contributed by atoms with Gasteiger partial charge in [-0.2, -0.15) is 0 Å². The number of carbonyl (C=O) groups excluding carboxylic acids is 1. The Balaban J connectivity index is 1.38. The lowest BCUT2D eigenvalue weighted by molar-refractivity contribution is 0.208. The zero-order chi connectivity index (χ0) is 19.5. The van der Waals surface area contributed by atoms with Crippen molar-refractivity contribution in [3.8, 4) is 11.3 Å². The van der Waals surface area contributed by atoms with Crippen LogP contribution in [-0.4, -0.2) is 47.1 Å². The molecule has 3 aromatic rings. The van der Waals surface area contributed by atoms with Gasteiger partial charge in [0.25, 0.3) is 0 Å².